The van der Waals surface area contributed by atoms with Gasteiger partial charge in [0.15, 0.2) is 0 Å². The fraction of sp³-hybridized carbons (Fsp3) is 0.385. The summed E-state index contributed by atoms with van der Waals surface area (Å²) in [6.45, 7) is 4.23. The van der Waals surface area contributed by atoms with Gasteiger partial charge in [0.2, 0.25) is 0 Å². The molecule has 0 aromatic carbocycles. The Morgan fingerprint density at radius 1 is 1.56 bits per heavy atom. The fourth-order valence-corrected chi connectivity index (χ4v) is 2.83. The van der Waals surface area contributed by atoms with E-state index < -0.39 is 0 Å². The number of rotatable bonds is 4. The fourth-order valence-electron chi connectivity index (χ4n) is 1.96. The first-order valence-corrected chi connectivity index (χ1v) is 6.88. The van der Waals surface area contributed by atoms with Gasteiger partial charge in [-0.25, -0.2) is 4.79 Å². The molecule has 1 aliphatic heterocycles. The summed E-state index contributed by atoms with van der Waals surface area (Å²) in [5.74, 6) is -0.348. The van der Waals surface area contributed by atoms with Crippen molar-refractivity contribution in [3.63, 3.8) is 0 Å². The van der Waals surface area contributed by atoms with Gasteiger partial charge < -0.3 is 4.74 Å². The quantitative estimate of drug-likeness (QED) is 0.851. The van der Waals surface area contributed by atoms with Gasteiger partial charge >= 0.3 is 5.97 Å². The van der Waals surface area contributed by atoms with Crippen molar-refractivity contribution in [1.29, 1.82) is 0 Å². The van der Waals surface area contributed by atoms with Crippen molar-refractivity contribution in [3.8, 4) is 0 Å². The first kappa shape index (κ1) is 12.8. The monoisotopic (exact) mass is 264 g/mol. The van der Waals surface area contributed by atoms with E-state index >= 15 is 0 Å². The molecule has 1 N–H and O–H groups in total. The van der Waals surface area contributed by atoms with Crippen molar-refractivity contribution in [3.05, 3.63) is 34.2 Å². The molecule has 0 radical (unpaired) electrons. The molecule has 1 unspecified atom stereocenters. The van der Waals surface area contributed by atoms with E-state index in [1.807, 2.05) is 31.4 Å². The van der Waals surface area contributed by atoms with Crippen molar-refractivity contribution in [2.45, 2.75) is 26.2 Å². The van der Waals surface area contributed by atoms with Gasteiger partial charge in [-0.05, 0) is 24.8 Å². The van der Waals surface area contributed by atoms with E-state index in [4.69, 9.17) is 4.74 Å². The number of hydrogen-bond acceptors (Lipinski definition) is 5. The second kappa shape index (κ2) is 5.82. The minimum Gasteiger partial charge on any atom is -0.463 e. The lowest BCUT2D eigenvalue weighted by molar-refractivity contribution is -0.138. The second-order valence-electron chi connectivity index (χ2n) is 3.85. The van der Waals surface area contributed by atoms with E-state index in [-0.39, 0.29) is 11.9 Å². The summed E-state index contributed by atoms with van der Waals surface area (Å²) in [7, 11) is 0. The van der Waals surface area contributed by atoms with Crippen molar-refractivity contribution < 1.29 is 9.53 Å². The number of carbonyl (C=O) groups is 1. The van der Waals surface area contributed by atoms with Gasteiger partial charge in [-0.3, -0.25) is 5.43 Å². The van der Waals surface area contributed by atoms with Crippen LogP contribution in [0.2, 0.25) is 0 Å². The zero-order valence-corrected chi connectivity index (χ0v) is 11.3. The van der Waals surface area contributed by atoms with E-state index in [1.54, 1.807) is 17.5 Å². The Morgan fingerprint density at radius 2 is 2.39 bits per heavy atom. The van der Waals surface area contributed by atoms with E-state index in [2.05, 4.69) is 10.5 Å². The van der Waals surface area contributed by atoms with Gasteiger partial charge in [0.05, 0.1) is 23.8 Å². The lowest BCUT2D eigenvalue weighted by Crippen LogP contribution is -2.27. The first-order valence-electron chi connectivity index (χ1n) is 6.00. The lowest BCUT2D eigenvalue weighted by atomic mass is 9.90. The Balaban J connectivity index is 2.33. The standard InChI is InChI=1S/C13H16N2O2S/c1-3-10-12(11-6-5-7-18-11)9(8-14-15-10)13(16)17-4-2/h5-8,12,14H,3-4H2,1-2H3. The number of nitrogens with zero attached hydrogens (tertiary/aromatic N) is 1. The minimum atomic E-state index is -0.274. The molecule has 1 atom stereocenters. The van der Waals surface area contributed by atoms with E-state index in [9.17, 15) is 4.79 Å². The number of esters is 1. The summed E-state index contributed by atoms with van der Waals surface area (Å²) in [5.41, 5.74) is 4.39. The summed E-state index contributed by atoms with van der Waals surface area (Å²) < 4.78 is 5.10. The van der Waals surface area contributed by atoms with Gasteiger partial charge in [-0.2, -0.15) is 5.10 Å². The zero-order valence-electron chi connectivity index (χ0n) is 10.5. The van der Waals surface area contributed by atoms with Crippen molar-refractivity contribution in [2.75, 3.05) is 6.61 Å². The smallest absolute Gasteiger partial charge is 0.336 e. The average Bonchev–Trinajstić information content (AvgIpc) is 2.91. The molecule has 2 heterocycles. The number of hydrazone groups is 1. The third-order valence-corrected chi connectivity index (χ3v) is 3.71. The molecule has 0 amide bonds. The highest BCUT2D eigenvalue weighted by molar-refractivity contribution is 7.10. The Bertz CT molecular complexity index is 477. The molecule has 96 valence electrons. The molecule has 0 fully saturated rings. The highest BCUT2D eigenvalue weighted by Crippen LogP contribution is 2.32. The molecule has 5 heteroatoms. The molecular formula is C13H16N2O2S. The van der Waals surface area contributed by atoms with Gasteiger partial charge in [0.1, 0.15) is 0 Å². The molecule has 1 aromatic heterocycles. The van der Waals surface area contributed by atoms with Crippen LogP contribution in [0.15, 0.2) is 34.4 Å². The average molecular weight is 264 g/mol. The van der Waals surface area contributed by atoms with E-state index in [0.29, 0.717) is 12.2 Å². The molecule has 0 saturated carbocycles. The van der Waals surface area contributed by atoms with Gasteiger partial charge in [-0.1, -0.05) is 13.0 Å². The normalized spacial score (nSPS) is 18.7. The van der Waals surface area contributed by atoms with Crippen molar-refractivity contribution >= 4 is 23.0 Å². The highest BCUT2D eigenvalue weighted by atomic mass is 32.1. The predicted molar refractivity (Wildman–Crippen MR) is 72.6 cm³/mol. The maximum atomic E-state index is 12.0. The lowest BCUT2D eigenvalue weighted by Gasteiger charge is -2.22. The molecule has 0 spiro atoms. The number of ether oxygens (including phenoxy) is 1. The van der Waals surface area contributed by atoms with Crippen LogP contribution in [0.4, 0.5) is 0 Å². The summed E-state index contributed by atoms with van der Waals surface area (Å²) >= 11 is 1.63. The van der Waals surface area contributed by atoms with E-state index in [1.165, 1.54) is 0 Å². The molecular weight excluding hydrogens is 248 g/mol. The summed E-state index contributed by atoms with van der Waals surface area (Å²) in [6.07, 6.45) is 2.44. The molecule has 0 bridgehead atoms. The SMILES string of the molecule is CCOC(=O)C1=CNN=C(CC)C1c1cccs1. The summed E-state index contributed by atoms with van der Waals surface area (Å²) in [4.78, 5) is 13.1. The Morgan fingerprint density at radius 3 is 3.00 bits per heavy atom. The largest absolute Gasteiger partial charge is 0.463 e. The highest BCUT2D eigenvalue weighted by Gasteiger charge is 2.30. The maximum absolute atomic E-state index is 12.0. The van der Waals surface area contributed by atoms with E-state index in [0.717, 1.165) is 17.0 Å². The first-order chi connectivity index (χ1) is 8.77. The predicted octanol–water partition coefficient (Wildman–Crippen LogP) is 2.65. The molecule has 4 nitrogen and oxygen atoms in total. The van der Waals surface area contributed by atoms with Crippen molar-refractivity contribution in [2.24, 2.45) is 5.10 Å². The van der Waals surface area contributed by atoms with Crippen LogP contribution in [-0.2, 0) is 9.53 Å². The third-order valence-electron chi connectivity index (χ3n) is 2.77. The Hall–Kier alpha value is -1.62. The molecule has 0 aliphatic carbocycles. The molecule has 1 aliphatic rings. The molecule has 18 heavy (non-hydrogen) atoms. The van der Waals surface area contributed by atoms with Crippen LogP contribution in [0.25, 0.3) is 0 Å². The third kappa shape index (κ3) is 2.46. The van der Waals surface area contributed by atoms with Crippen LogP contribution in [0, 0.1) is 0 Å². The number of hydrogen-bond donors (Lipinski definition) is 1. The topological polar surface area (TPSA) is 50.7 Å². The van der Waals surface area contributed by atoms with Gasteiger partial charge in [-0.15, -0.1) is 11.3 Å². The Labute approximate surface area is 110 Å². The molecule has 2 rings (SSSR count). The van der Waals surface area contributed by atoms with Crippen LogP contribution < -0.4 is 5.43 Å². The number of thiophene rings is 1. The number of carbonyl (C=O) groups excluding carboxylic acids is 1. The maximum Gasteiger partial charge on any atom is 0.336 e. The summed E-state index contributed by atoms with van der Waals surface area (Å²) in [5, 5.41) is 6.27. The van der Waals surface area contributed by atoms with Gasteiger partial charge in [0.25, 0.3) is 0 Å². The molecule has 1 aromatic rings. The van der Waals surface area contributed by atoms with Crippen LogP contribution in [0.1, 0.15) is 31.1 Å². The zero-order chi connectivity index (χ0) is 13.0. The van der Waals surface area contributed by atoms with Crippen LogP contribution in [0.3, 0.4) is 0 Å². The van der Waals surface area contributed by atoms with Crippen molar-refractivity contribution in [1.82, 2.24) is 5.43 Å². The van der Waals surface area contributed by atoms with Crippen LogP contribution in [-0.4, -0.2) is 18.3 Å². The van der Waals surface area contributed by atoms with Crippen LogP contribution in [0.5, 0.6) is 0 Å². The van der Waals surface area contributed by atoms with Crippen LogP contribution >= 0.6 is 11.3 Å². The summed E-state index contributed by atoms with van der Waals surface area (Å²) in [6, 6.07) is 4.01. The van der Waals surface area contributed by atoms with Gasteiger partial charge in [0, 0.05) is 11.1 Å². The minimum absolute atomic E-state index is 0.0738. The number of nitrogens with one attached hydrogen (secondary N) is 1. The molecule has 0 saturated heterocycles. The second-order valence-corrected chi connectivity index (χ2v) is 4.83. The Kier molecular flexibility index (Phi) is 4.15.